The zero-order chi connectivity index (χ0) is 12.9. The van der Waals surface area contributed by atoms with Crippen molar-refractivity contribution in [2.75, 3.05) is 12.3 Å². The van der Waals surface area contributed by atoms with Gasteiger partial charge in [0.05, 0.1) is 12.3 Å². The predicted octanol–water partition coefficient (Wildman–Crippen LogP) is -0.146. The van der Waals surface area contributed by atoms with Gasteiger partial charge in [-0.05, 0) is 0 Å². The Morgan fingerprint density at radius 3 is 2.71 bits per heavy atom. The minimum atomic E-state index is -3.30. The number of hydrogen-bond acceptors (Lipinski definition) is 5. The Labute approximate surface area is 105 Å². The van der Waals surface area contributed by atoms with Crippen molar-refractivity contribution in [3.05, 3.63) is 20.7 Å². The summed E-state index contributed by atoms with van der Waals surface area (Å²) < 4.78 is 25.5. The molecule has 1 aromatic rings. The fourth-order valence-electron chi connectivity index (χ4n) is 1.14. The summed E-state index contributed by atoms with van der Waals surface area (Å²) in [7, 11) is -3.30. The van der Waals surface area contributed by atoms with Crippen LogP contribution in [0.2, 0.25) is 0 Å². The highest BCUT2D eigenvalue weighted by Crippen LogP contribution is 1.96. The van der Waals surface area contributed by atoms with E-state index >= 15 is 0 Å². The lowest BCUT2D eigenvalue weighted by Crippen LogP contribution is -2.34. The molecule has 0 aliphatic heterocycles. The van der Waals surface area contributed by atoms with Gasteiger partial charge in [-0.1, -0.05) is 25.2 Å². The van der Waals surface area contributed by atoms with E-state index in [1.165, 1.54) is 0 Å². The van der Waals surface area contributed by atoms with Crippen LogP contribution in [0.25, 0.3) is 0 Å². The Hall–Kier alpha value is -0.700. The molecule has 0 aromatic carbocycles. The topological polar surface area (TPSA) is 91.1 Å². The molecular weight excluding hydrogens is 262 g/mol. The summed E-state index contributed by atoms with van der Waals surface area (Å²) in [5.41, 5.74) is 0.584. The molecule has 0 saturated carbocycles. The Balaban J connectivity index is 2.37. The number of hydrogen-bond donors (Lipinski definition) is 3. The second-order valence-electron chi connectivity index (χ2n) is 3.92. The molecule has 0 fully saturated rings. The summed E-state index contributed by atoms with van der Waals surface area (Å²) >= 11 is 1.02. The number of thiazole rings is 1. The Bertz CT molecular complexity index is 490. The molecule has 0 aliphatic carbocycles. The average molecular weight is 279 g/mol. The van der Waals surface area contributed by atoms with Gasteiger partial charge >= 0.3 is 4.87 Å². The second-order valence-corrected chi connectivity index (χ2v) is 6.69. The SMILES string of the molecule is CC(C)NCCS(=O)(=O)NCc1csc(=O)[nH]1. The molecule has 0 unspecified atom stereocenters. The number of rotatable bonds is 7. The van der Waals surface area contributed by atoms with E-state index in [1.807, 2.05) is 13.8 Å². The molecule has 1 heterocycles. The fraction of sp³-hybridized carbons (Fsp3) is 0.667. The van der Waals surface area contributed by atoms with Crippen LogP contribution in [-0.2, 0) is 16.6 Å². The molecule has 1 rings (SSSR count). The maximum Gasteiger partial charge on any atom is 0.304 e. The van der Waals surface area contributed by atoms with Crippen molar-refractivity contribution in [1.82, 2.24) is 15.0 Å². The van der Waals surface area contributed by atoms with E-state index in [-0.39, 0.29) is 23.2 Å². The minimum absolute atomic E-state index is 0.0273. The van der Waals surface area contributed by atoms with Crippen molar-refractivity contribution < 1.29 is 8.42 Å². The monoisotopic (exact) mass is 279 g/mol. The van der Waals surface area contributed by atoms with Crippen molar-refractivity contribution in [1.29, 1.82) is 0 Å². The smallest absolute Gasteiger partial charge is 0.304 e. The standard InChI is InChI=1S/C9H17N3O3S2/c1-7(2)10-3-4-17(14,15)11-5-8-6-16-9(13)12-8/h6-7,10-11H,3-5H2,1-2H3,(H,12,13). The van der Waals surface area contributed by atoms with Crippen LogP contribution in [0.15, 0.2) is 10.2 Å². The summed E-state index contributed by atoms with van der Waals surface area (Å²) in [6.45, 7) is 4.45. The van der Waals surface area contributed by atoms with E-state index in [2.05, 4.69) is 15.0 Å². The Kier molecular flexibility index (Phi) is 5.31. The first kappa shape index (κ1) is 14.4. The van der Waals surface area contributed by atoms with Crippen molar-refractivity contribution >= 4 is 21.4 Å². The summed E-state index contributed by atoms with van der Waals surface area (Å²) in [5, 5.41) is 4.64. The lowest BCUT2D eigenvalue weighted by molar-refractivity contribution is 0.566. The number of H-pyrrole nitrogens is 1. The molecule has 3 N–H and O–H groups in total. The van der Waals surface area contributed by atoms with Crippen LogP contribution in [0.1, 0.15) is 19.5 Å². The van der Waals surface area contributed by atoms with Gasteiger partial charge in [0.2, 0.25) is 10.0 Å². The van der Waals surface area contributed by atoms with Gasteiger partial charge in [0.15, 0.2) is 0 Å². The summed E-state index contributed by atoms with van der Waals surface area (Å²) in [6.07, 6.45) is 0. The van der Waals surface area contributed by atoms with Crippen LogP contribution >= 0.6 is 11.3 Å². The van der Waals surface area contributed by atoms with Crippen molar-refractivity contribution in [2.45, 2.75) is 26.4 Å². The van der Waals surface area contributed by atoms with Crippen LogP contribution in [0.5, 0.6) is 0 Å². The van der Waals surface area contributed by atoms with Gasteiger partial charge < -0.3 is 10.3 Å². The van der Waals surface area contributed by atoms with E-state index in [0.717, 1.165) is 11.3 Å². The van der Waals surface area contributed by atoms with E-state index in [0.29, 0.717) is 12.2 Å². The Morgan fingerprint density at radius 1 is 1.47 bits per heavy atom. The molecule has 0 bridgehead atoms. The molecular formula is C9H17N3O3S2. The molecule has 0 spiro atoms. The van der Waals surface area contributed by atoms with Crippen LogP contribution in [0.3, 0.4) is 0 Å². The highest BCUT2D eigenvalue weighted by atomic mass is 32.2. The molecule has 8 heteroatoms. The summed E-state index contributed by atoms with van der Waals surface area (Å²) in [6, 6.07) is 0.262. The lowest BCUT2D eigenvalue weighted by Gasteiger charge is -2.09. The molecule has 98 valence electrons. The zero-order valence-corrected chi connectivity index (χ0v) is 11.5. The highest BCUT2D eigenvalue weighted by Gasteiger charge is 2.10. The van der Waals surface area contributed by atoms with Crippen LogP contribution in [-0.4, -0.2) is 31.7 Å². The minimum Gasteiger partial charge on any atom is -0.315 e. The van der Waals surface area contributed by atoms with E-state index in [1.54, 1.807) is 5.38 Å². The third-order valence-corrected chi connectivity index (χ3v) is 4.02. The highest BCUT2D eigenvalue weighted by molar-refractivity contribution is 7.89. The molecule has 17 heavy (non-hydrogen) atoms. The van der Waals surface area contributed by atoms with Gasteiger partial charge in [-0.2, -0.15) is 0 Å². The van der Waals surface area contributed by atoms with Crippen molar-refractivity contribution in [3.8, 4) is 0 Å². The van der Waals surface area contributed by atoms with Gasteiger partial charge in [0, 0.05) is 23.7 Å². The Morgan fingerprint density at radius 2 is 2.18 bits per heavy atom. The third-order valence-electron chi connectivity index (χ3n) is 1.98. The summed E-state index contributed by atoms with van der Waals surface area (Å²) in [5.74, 6) is 0.0273. The van der Waals surface area contributed by atoms with Crippen LogP contribution in [0.4, 0.5) is 0 Å². The molecule has 0 amide bonds. The van der Waals surface area contributed by atoms with Crippen LogP contribution in [0, 0.1) is 0 Å². The van der Waals surface area contributed by atoms with Gasteiger partial charge in [0.25, 0.3) is 0 Å². The number of nitrogens with one attached hydrogen (secondary N) is 3. The van der Waals surface area contributed by atoms with E-state index in [9.17, 15) is 13.2 Å². The van der Waals surface area contributed by atoms with Crippen molar-refractivity contribution in [2.24, 2.45) is 0 Å². The first-order valence-electron chi connectivity index (χ1n) is 5.26. The molecule has 0 atom stereocenters. The molecule has 6 nitrogen and oxygen atoms in total. The average Bonchev–Trinajstić information content (AvgIpc) is 2.61. The lowest BCUT2D eigenvalue weighted by atomic mass is 10.4. The number of aromatic amines is 1. The summed E-state index contributed by atoms with van der Waals surface area (Å²) in [4.78, 5) is 13.2. The predicted molar refractivity (Wildman–Crippen MR) is 68.7 cm³/mol. The third kappa shape index (κ3) is 5.97. The first-order valence-corrected chi connectivity index (χ1v) is 7.79. The molecule has 0 aliphatic rings. The zero-order valence-electron chi connectivity index (χ0n) is 9.82. The van der Waals surface area contributed by atoms with E-state index in [4.69, 9.17) is 0 Å². The fourth-order valence-corrected chi connectivity index (χ4v) is 2.63. The maximum absolute atomic E-state index is 11.6. The second kappa shape index (κ2) is 6.29. The van der Waals surface area contributed by atoms with Crippen molar-refractivity contribution in [3.63, 3.8) is 0 Å². The largest absolute Gasteiger partial charge is 0.315 e. The molecule has 0 radical (unpaired) electrons. The quantitative estimate of drug-likeness (QED) is 0.647. The first-order chi connectivity index (χ1) is 7.89. The van der Waals surface area contributed by atoms with Gasteiger partial charge in [0.1, 0.15) is 0 Å². The van der Waals surface area contributed by atoms with Crippen LogP contribution < -0.4 is 14.9 Å². The normalized spacial score (nSPS) is 12.2. The molecule has 1 aromatic heterocycles. The number of aromatic nitrogens is 1. The number of sulfonamides is 1. The maximum atomic E-state index is 11.6. The van der Waals surface area contributed by atoms with Gasteiger partial charge in [-0.15, -0.1) is 0 Å². The van der Waals surface area contributed by atoms with E-state index < -0.39 is 10.0 Å². The van der Waals surface area contributed by atoms with Gasteiger partial charge in [-0.3, -0.25) is 4.79 Å². The molecule has 0 saturated heterocycles. The van der Waals surface area contributed by atoms with Gasteiger partial charge in [-0.25, -0.2) is 13.1 Å².